The van der Waals surface area contributed by atoms with Gasteiger partial charge in [-0.1, -0.05) is 52.8 Å². The van der Waals surface area contributed by atoms with Crippen LogP contribution in [0.2, 0.25) is 0 Å². The van der Waals surface area contributed by atoms with Crippen molar-refractivity contribution in [1.29, 1.82) is 0 Å². The lowest BCUT2D eigenvalue weighted by molar-refractivity contribution is 1.16. The normalized spacial score (nSPS) is 8.60. The Balaban J connectivity index is 0.000000442. The zero-order valence-corrected chi connectivity index (χ0v) is 11.3. The molecule has 2 rings (SSSR count). The molecule has 0 amide bonds. The van der Waals surface area contributed by atoms with E-state index >= 15 is 0 Å². The molecule has 0 radical (unpaired) electrons. The van der Waals surface area contributed by atoms with Gasteiger partial charge in [0.2, 0.25) is 0 Å². The summed E-state index contributed by atoms with van der Waals surface area (Å²) in [6.07, 6.45) is 1.14. The minimum atomic E-state index is 1.14. The third-order valence-corrected chi connectivity index (χ3v) is 2.95. The van der Waals surface area contributed by atoms with Gasteiger partial charge in [-0.25, -0.2) is 0 Å². The molecule has 0 saturated heterocycles. The summed E-state index contributed by atoms with van der Waals surface area (Å²) in [5, 5.41) is 3.54. The van der Waals surface area contributed by atoms with E-state index in [1.54, 1.807) is 0 Å². The van der Waals surface area contributed by atoms with E-state index < -0.39 is 0 Å². The van der Waals surface area contributed by atoms with E-state index in [9.17, 15) is 0 Å². The Morgan fingerprint density at radius 3 is 2.27 bits per heavy atom. The summed E-state index contributed by atoms with van der Waals surface area (Å²) in [6, 6.07) is 8.69. The summed E-state index contributed by atoms with van der Waals surface area (Å²) in [5.41, 5.74) is 1.47. The Hall–Kier alpha value is -0.820. The lowest BCUT2D eigenvalue weighted by atomic mass is 10.1. The van der Waals surface area contributed by atoms with Gasteiger partial charge in [-0.2, -0.15) is 0 Å². The van der Waals surface area contributed by atoms with Crippen LogP contribution in [0.4, 0.5) is 0 Å². The van der Waals surface area contributed by atoms with Gasteiger partial charge in [-0.05, 0) is 28.8 Å². The van der Waals surface area contributed by atoms with Crippen LogP contribution in [0.15, 0.2) is 29.6 Å². The van der Waals surface area contributed by atoms with Gasteiger partial charge in [0, 0.05) is 4.70 Å². The van der Waals surface area contributed by atoms with E-state index in [-0.39, 0.29) is 0 Å². The molecule has 0 aliphatic carbocycles. The van der Waals surface area contributed by atoms with Crippen LogP contribution in [0.25, 0.3) is 10.1 Å². The number of aryl methyl sites for hydroxylation is 1. The zero-order chi connectivity index (χ0) is 11.7. The first-order valence-corrected chi connectivity index (χ1v) is 6.75. The fourth-order valence-corrected chi connectivity index (χ4v) is 2.32. The smallest absolute Gasteiger partial charge is 0.0374 e. The molecule has 2 aromatic rings. The van der Waals surface area contributed by atoms with Crippen LogP contribution in [0, 0.1) is 0 Å². The molecule has 1 aromatic heterocycles. The van der Waals surface area contributed by atoms with Crippen molar-refractivity contribution >= 4 is 21.4 Å². The van der Waals surface area contributed by atoms with E-state index in [4.69, 9.17) is 0 Å². The summed E-state index contributed by atoms with van der Waals surface area (Å²) in [5.74, 6) is 0. The number of hydrogen-bond acceptors (Lipinski definition) is 1. The molecule has 1 aromatic carbocycles. The van der Waals surface area contributed by atoms with Gasteiger partial charge >= 0.3 is 0 Å². The van der Waals surface area contributed by atoms with Crippen LogP contribution in [-0.4, -0.2) is 0 Å². The van der Waals surface area contributed by atoms with Gasteiger partial charge < -0.3 is 0 Å². The zero-order valence-electron chi connectivity index (χ0n) is 10.5. The summed E-state index contributed by atoms with van der Waals surface area (Å²) < 4.78 is 1.45. The summed E-state index contributed by atoms with van der Waals surface area (Å²) >= 11 is 1.84. The maximum absolute atomic E-state index is 2.21. The highest BCUT2D eigenvalue weighted by molar-refractivity contribution is 7.17. The van der Waals surface area contributed by atoms with E-state index in [0.29, 0.717) is 0 Å². The van der Waals surface area contributed by atoms with E-state index in [1.165, 1.54) is 15.6 Å². The average Bonchev–Trinajstić information content (AvgIpc) is 2.82. The Labute approximate surface area is 98.0 Å². The first-order chi connectivity index (χ1) is 7.42. The molecule has 0 atom stereocenters. The quantitative estimate of drug-likeness (QED) is 0.596. The standard InChI is InChI=1S/C10H10S.2C2H6/c1-2-8-4-3-5-9-6-7-11-10(8)9;2*1-2/h3-7H,2H2,1H3;2*1-2H3. The Kier molecular flexibility index (Phi) is 8.02. The highest BCUT2D eigenvalue weighted by Gasteiger charge is 1.97. The van der Waals surface area contributed by atoms with Crippen molar-refractivity contribution in [3.63, 3.8) is 0 Å². The minimum absolute atomic E-state index is 1.14. The Morgan fingerprint density at radius 2 is 1.67 bits per heavy atom. The number of benzene rings is 1. The summed E-state index contributed by atoms with van der Waals surface area (Å²) in [6.45, 7) is 10.2. The Morgan fingerprint density at radius 1 is 1.00 bits per heavy atom. The van der Waals surface area contributed by atoms with Gasteiger partial charge in [-0.3, -0.25) is 0 Å². The molecular formula is C14H22S. The fraction of sp³-hybridized carbons (Fsp3) is 0.429. The third-order valence-electron chi connectivity index (χ3n) is 1.94. The molecule has 0 N–H and O–H groups in total. The molecule has 0 nitrogen and oxygen atoms in total. The third kappa shape index (κ3) is 3.67. The number of fused-ring (bicyclic) bond motifs is 1. The lowest BCUT2D eigenvalue weighted by Gasteiger charge is -1.96. The topological polar surface area (TPSA) is 0 Å². The minimum Gasteiger partial charge on any atom is -0.144 e. The number of hydrogen-bond donors (Lipinski definition) is 0. The highest BCUT2D eigenvalue weighted by atomic mass is 32.1. The van der Waals surface area contributed by atoms with E-state index in [1.807, 2.05) is 39.0 Å². The lowest BCUT2D eigenvalue weighted by Crippen LogP contribution is -1.77. The van der Waals surface area contributed by atoms with Crippen molar-refractivity contribution in [2.75, 3.05) is 0 Å². The molecule has 0 bridgehead atoms. The molecule has 0 unspecified atom stereocenters. The van der Waals surface area contributed by atoms with Crippen LogP contribution in [0.1, 0.15) is 40.2 Å². The first-order valence-electron chi connectivity index (χ1n) is 5.87. The second kappa shape index (κ2) is 8.49. The van der Waals surface area contributed by atoms with Gasteiger partial charge in [0.25, 0.3) is 0 Å². The van der Waals surface area contributed by atoms with Gasteiger partial charge in [0.05, 0.1) is 0 Å². The monoisotopic (exact) mass is 222 g/mol. The van der Waals surface area contributed by atoms with Crippen molar-refractivity contribution in [3.8, 4) is 0 Å². The van der Waals surface area contributed by atoms with E-state index in [0.717, 1.165) is 6.42 Å². The summed E-state index contributed by atoms with van der Waals surface area (Å²) in [7, 11) is 0. The van der Waals surface area contributed by atoms with Crippen LogP contribution in [-0.2, 0) is 6.42 Å². The molecule has 1 heterocycles. The molecule has 0 aliphatic rings. The maximum Gasteiger partial charge on any atom is 0.0374 e. The predicted octanol–water partition coefficient (Wildman–Crippen LogP) is 5.52. The summed E-state index contributed by atoms with van der Waals surface area (Å²) in [4.78, 5) is 0. The SMILES string of the molecule is CC.CC.CCc1cccc2ccsc12. The van der Waals surface area contributed by atoms with Gasteiger partial charge in [-0.15, -0.1) is 11.3 Å². The molecule has 0 fully saturated rings. The number of thiophene rings is 1. The highest BCUT2D eigenvalue weighted by Crippen LogP contribution is 2.24. The second-order valence-corrected chi connectivity index (χ2v) is 3.53. The van der Waals surface area contributed by atoms with Crippen molar-refractivity contribution in [3.05, 3.63) is 35.2 Å². The average molecular weight is 222 g/mol. The van der Waals surface area contributed by atoms with E-state index in [2.05, 4.69) is 36.6 Å². The molecular weight excluding hydrogens is 200 g/mol. The van der Waals surface area contributed by atoms with Crippen molar-refractivity contribution in [2.45, 2.75) is 41.0 Å². The van der Waals surface area contributed by atoms with Crippen molar-refractivity contribution < 1.29 is 0 Å². The number of rotatable bonds is 1. The predicted molar refractivity (Wildman–Crippen MR) is 73.9 cm³/mol. The van der Waals surface area contributed by atoms with Crippen LogP contribution in [0.3, 0.4) is 0 Å². The largest absolute Gasteiger partial charge is 0.144 e. The molecule has 1 heteroatoms. The van der Waals surface area contributed by atoms with Crippen molar-refractivity contribution in [2.24, 2.45) is 0 Å². The van der Waals surface area contributed by atoms with Crippen molar-refractivity contribution in [1.82, 2.24) is 0 Å². The fourth-order valence-electron chi connectivity index (χ4n) is 1.33. The second-order valence-electron chi connectivity index (χ2n) is 2.61. The molecule has 0 saturated carbocycles. The molecule has 15 heavy (non-hydrogen) atoms. The first kappa shape index (κ1) is 14.2. The van der Waals surface area contributed by atoms with Crippen LogP contribution >= 0.6 is 11.3 Å². The Bertz CT molecular complexity index is 360. The van der Waals surface area contributed by atoms with Gasteiger partial charge in [0.15, 0.2) is 0 Å². The molecule has 0 aliphatic heterocycles. The molecule has 0 spiro atoms. The molecule has 84 valence electrons. The van der Waals surface area contributed by atoms with Crippen LogP contribution in [0.5, 0.6) is 0 Å². The van der Waals surface area contributed by atoms with Gasteiger partial charge in [0.1, 0.15) is 0 Å². The maximum atomic E-state index is 2.21. The van der Waals surface area contributed by atoms with Crippen LogP contribution < -0.4 is 0 Å².